The van der Waals surface area contributed by atoms with Crippen molar-refractivity contribution in [1.82, 2.24) is 9.80 Å². The standard InChI is InChI=1S/C21H26N2O3/c1-22-10-12-23(13-11-22)21(24)18-8-9-20(25-2)19(14-18)16-26-15-17-6-4-3-5-7-17/h3-9,14H,10-13,15-16H2,1-2H3. The number of amides is 1. The molecule has 1 fully saturated rings. The molecule has 0 unspecified atom stereocenters. The van der Waals surface area contributed by atoms with Gasteiger partial charge in [0, 0.05) is 37.3 Å². The van der Waals surface area contributed by atoms with Crippen molar-refractivity contribution in [1.29, 1.82) is 0 Å². The summed E-state index contributed by atoms with van der Waals surface area (Å²) in [7, 11) is 3.72. The number of nitrogens with zero attached hydrogens (tertiary/aromatic N) is 2. The molecule has 0 spiro atoms. The molecule has 0 N–H and O–H groups in total. The zero-order chi connectivity index (χ0) is 18.4. The third-order valence-corrected chi connectivity index (χ3v) is 4.69. The summed E-state index contributed by atoms with van der Waals surface area (Å²) in [6.07, 6.45) is 0. The lowest BCUT2D eigenvalue weighted by molar-refractivity contribution is 0.0663. The Morgan fingerprint density at radius 1 is 1.00 bits per heavy atom. The zero-order valence-electron chi connectivity index (χ0n) is 15.5. The van der Waals surface area contributed by atoms with E-state index in [1.807, 2.05) is 53.4 Å². The van der Waals surface area contributed by atoms with Crippen LogP contribution in [0.5, 0.6) is 5.75 Å². The topological polar surface area (TPSA) is 42.0 Å². The fourth-order valence-corrected chi connectivity index (χ4v) is 3.07. The highest BCUT2D eigenvalue weighted by atomic mass is 16.5. The minimum Gasteiger partial charge on any atom is -0.496 e. The SMILES string of the molecule is COc1ccc(C(=O)N2CCN(C)CC2)cc1COCc1ccccc1. The number of carbonyl (C=O) groups excluding carboxylic acids is 1. The van der Waals surface area contributed by atoms with Crippen LogP contribution in [0, 0.1) is 0 Å². The maximum absolute atomic E-state index is 12.8. The molecule has 5 heteroatoms. The monoisotopic (exact) mass is 354 g/mol. The van der Waals surface area contributed by atoms with Crippen LogP contribution < -0.4 is 4.74 Å². The van der Waals surface area contributed by atoms with Gasteiger partial charge in [-0.05, 0) is 30.8 Å². The van der Waals surface area contributed by atoms with Gasteiger partial charge in [-0.15, -0.1) is 0 Å². The van der Waals surface area contributed by atoms with Crippen molar-refractivity contribution < 1.29 is 14.3 Å². The number of ether oxygens (including phenoxy) is 2. The van der Waals surface area contributed by atoms with E-state index < -0.39 is 0 Å². The zero-order valence-corrected chi connectivity index (χ0v) is 15.5. The number of piperazine rings is 1. The second-order valence-corrected chi connectivity index (χ2v) is 6.60. The van der Waals surface area contributed by atoms with E-state index in [-0.39, 0.29) is 5.91 Å². The third kappa shape index (κ3) is 4.62. The molecule has 2 aromatic rings. The van der Waals surface area contributed by atoms with E-state index >= 15 is 0 Å². The molecule has 1 saturated heterocycles. The van der Waals surface area contributed by atoms with Crippen molar-refractivity contribution in [2.24, 2.45) is 0 Å². The molecular formula is C21H26N2O3. The van der Waals surface area contributed by atoms with Crippen LogP contribution in [0.25, 0.3) is 0 Å². The van der Waals surface area contributed by atoms with Crippen LogP contribution in [0.1, 0.15) is 21.5 Å². The number of methoxy groups -OCH3 is 1. The minimum absolute atomic E-state index is 0.0741. The Balaban J connectivity index is 1.66. The summed E-state index contributed by atoms with van der Waals surface area (Å²) >= 11 is 0. The first-order valence-corrected chi connectivity index (χ1v) is 8.94. The van der Waals surface area contributed by atoms with Gasteiger partial charge in [-0.2, -0.15) is 0 Å². The highest BCUT2D eigenvalue weighted by Crippen LogP contribution is 2.22. The highest BCUT2D eigenvalue weighted by Gasteiger charge is 2.21. The molecule has 0 bridgehead atoms. The molecule has 5 nitrogen and oxygen atoms in total. The first kappa shape index (κ1) is 18.4. The van der Waals surface area contributed by atoms with Crippen LogP contribution in [0.4, 0.5) is 0 Å². The fourth-order valence-electron chi connectivity index (χ4n) is 3.07. The van der Waals surface area contributed by atoms with Crippen LogP contribution in [0.3, 0.4) is 0 Å². The van der Waals surface area contributed by atoms with Crippen LogP contribution in [0.2, 0.25) is 0 Å². The van der Waals surface area contributed by atoms with Gasteiger partial charge < -0.3 is 19.3 Å². The van der Waals surface area contributed by atoms with Crippen LogP contribution >= 0.6 is 0 Å². The van der Waals surface area contributed by atoms with E-state index in [0.29, 0.717) is 18.8 Å². The van der Waals surface area contributed by atoms with Crippen LogP contribution in [-0.2, 0) is 18.0 Å². The predicted molar refractivity (Wildman–Crippen MR) is 101 cm³/mol. The van der Waals surface area contributed by atoms with E-state index in [9.17, 15) is 4.79 Å². The summed E-state index contributed by atoms with van der Waals surface area (Å²) in [4.78, 5) is 16.9. The van der Waals surface area contributed by atoms with Crippen molar-refractivity contribution in [2.75, 3.05) is 40.3 Å². The second kappa shape index (κ2) is 8.83. The van der Waals surface area contributed by atoms with E-state index in [4.69, 9.17) is 9.47 Å². The minimum atomic E-state index is 0.0741. The lowest BCUT2D eigenvalue weighted by Crippen LogP contribution is -2.47. The Morgan fingerprint density at radius 2 is 1.73 bits per heavy atom. The van der Waals surface area contributed by atoms with E-state index in [0.717, 1.165) is 43.1 Å². The smallest absolute Gasteiger partial charge is 0.253 e. The number of hydrogen-bond donors (Lipinski definition) is 0. The molecule has 2 aromatic carbocycles. The Kier molecular flexibility index (Phi) is 6.26. The Labute approximate surface area is 155 Å². The van der Waals surface area contributed by atoms with Gasteiger partial charge in [-0.3, -0.25) is 4.79 Å². The maximum Gasteiger partial charge on any atom is 0.253 e. The summed E-state index contributed by atoms with van der Waals surface area (Å²) in [5, 5.41) is 0. The normalized spacial score (nSPS) is 15.1. The van der Waals surface area contributed by atoms with Gasteiger partial charge in [0.1, 0.15) is 5.75 Å². The number of rotatable bonds is 6. The van der Waals surface area contributed by atoms with Gasteiger partial charge in [0.2, 0.25) is 0 Å². The molecule has 3 rings (SSSR count). The van der Waals surface area contributed by atoms with Crippen molar-refractivity contribution in [3.05, 3.63) is 65.2 Å². The molecule has 0 radical (unpaired) electrons. The largest absolute Gasteiger partial charge is 0.496 e. The predicted octanol–water partition coefficient (Wildman–Crippen LogP) is 2.80. The van der Waals surface area contributed by atoms with E-state index in [2.05, 4.69) is 11.9 Å². The Hall–Kier alpha value is -2.37. The Bertz CT molecular complexity index is 725. The number of likely N-dealkylation sites (N-methyl/N-ethyl adjacent to an activating group) is 1. The van der Waals surface area contributed by atoms with Crippen molar-refractivity contribution >= 4 is 5.91 Å². The molecule has 138 valence electrons. The molecule has 0 saturated carbocycles. The van der Waals surface area contributed by atoms with E-state index in [1.165, 1.54) is 0 Å². The first-order valence-electron chi connectivity index (χ1n) is 8.94. The summed E-state index contributed by atoms with van der Waals surface area (Å²) in [6.45, 7) is 4.29. The van der Waals surface area contributed by atoms with Gasteiger partial charge in [0.05, 0.1) is 20.3 Å². The first-order chi connectivity index (χ1) is 12.7. The van der Waals surface area contributed by atoms with Gasteiger partial charge >= 0.3 is 0 Å². The molecule has 0 aliphatic carbocycles. The third-order valence-electron chi connectivity index (χ3n) is 4.69. The van der Waals surface area contributed by atoms with Crippen LogP contribution in [-0.4, -0.2) is 56.0 Å². The van der Waals surface area contributed by atoms with Gasteiger partial charge in [-0.25, -0.2) is 0 Å². The molecule has 1 heterocycles. The van der Waals surface area contributed by atoms with Crippen molar-refractivity contribution in [3.8, 4) is 5.75 Å². The Morgan fingerprint density at radius 3 is 2.42 bits per heavy atom. The molecule has 0 atom stereocenters. The average molecular weight is 354 g/mol. The summed E-state index contributed by atoms with van der Waals surface area (Å²) in [5.41, 5.74) is 2.70. The highest BCUT2D eigenvalue weighted by molar-refractivity contribution is 5.94. The van der Waals surface area contributed by atoms with Gasteiger partial charge in [-0.1, -0.05) is 30.3 Å². The van der Waals surface area contributed by atoms with Crippen molar-refractivity contribution in [3.63, 3.8) is 0 Å². The van der Waals surface area contributed by atoms with E-state index in [1.54, 1.807) is 7.11 Å². The lowest BCUT2D eigenvalue weighted by Gasteiger charge is -2.32. The molecule has 1 aliphatic rings. The number of benzene rings is 2. The molecule has 1 aliphatic heterocycles. The van der Waals surface area contributed by atoms with Crippen molar-refractivity contribution in [2.45, 2.75) is 13.2 Å². The fraction of sp³-hybridized carbons (Fsp3) is 0.381. The van der Waals surface area contributed by atoms with Crippen LogP contribution in [0.15, 0.2) is 48.5 Å². The second-order valence-electron chi connectivity index (χ2n) is 6.60. The molecular weight excluding hydrogens is 328 g/mol. The van der Waals surface area contributed by atoms with Gasteiger partial charge in [0.25, 0.3) is 5.91 Å². The summed E-state index contributed by atoms with van der Waals surface area (Å²) < 4.78 is 11.3. The molecule has 0 aromatic heterocycles. The van der Waals surface area contributed by atoms with Gasteiger partial charge in [0.15, 0.2) is 0 Å². The quantitative estimate of drug-likeness (QED) is 0.800. The maximum atomic E-state index is 12.8. The average Bonchev–Trinajstić information content (AvgIpc) is 2.69. The summed E-state index contributed by atoms with van der Waals surface area (Å²) in [6, 6.07) is 15.6. The molecule has 26 heavy (non-hydrogen) atoms. The summed E-state index contributed by atoms with van der Waals surface area (Å²) in [5.74, 6) is 0.818. The molecule has 1 amide bonds. The number of carbonyl (C=O) groups is 1. The number of hydrogen-bond acceptors (Lipinski definition) is 4. The lowest BCUT2D eigenvalue weighted by atomic mass is 10.1.